The van der Waals surface area contributed by atoms with E-state index in [4.69, 9.17) is 21.1 Å². The molecule has 0 bridgehead atoms. The summed E-state index contributed by atoms with van der Waals surface area (Å²) in [5.41, 5.74) is 0.219. The molecule has 2 aromatic heterocycles. The maximum atomic E-state index is 12.5. The molecule has 182 valence electrons. The number of halogens is 1. The molecule has 0 radical (unpaired) electrons. The predicted molar refractivity (Wildman–Crippen MR) is 118 cm³/mol. The SMILES string of the molecule is CCOC(=O)c1nc(-c2nc(Cl)ncc2C)cn1C[C@H](C)N(C(=O)OC(C)(C)C)S(=O)(=O)O. The number of esters is 1. The Labute approximate surface area is 196 Å². The van der Waals surface area contributed by atoms with E-state index in [1.54, 1.807) is 34.6 Å². The number of imidazole rings is 1. The van der Waals surface area contributed by atoms with Crippen molar-refractivity contribution in [2.45, 2.75) is 59.7 Å². The van der Waals surface area contributed by atoms with Crippen molar-refractivity contribution >= 4 is 34.0 Å². The number of amides is 1. The van der Waals surface area contributed by atoms with Crippen LogP contribution < -0.4 is 0 Å². The molecule has 0 saturated heterocycles. The van der Waals surface area contributed by atoms with E-state index in [0.29, 0.717) is 11.3 Å². The molecule has 2 aromatic rings. The number of rotatable bonds is 7. The summed E-state index contributed by atoms with van der Waals surface area (Å²) in [5.74, 6) is -0.934. The van der Waals surface area contributed by atoms with E-state index < -0.39 is 34.0 Å². The van der Waals surface area contributed by atoms with Crippen LogP contribution in [0.3, 0.4) is 0 Å². The quantitative estimate of drug-likeness (QED) is 0.338. The van der Waals surface area contributed by atoms with Gasteiger partial charge in [-0.2, -0.15) is 12.7 Å². The molecule has 1 amide bonds. The van der Waals surface area contributed by atoms with Crippen LogP contribution in [0.5, 0.6) is 0 Å². The molecule has 0 aliphatic rings. The molecule has 12 nitrogen and oxygen atoms in total. The van der Waals surface area contributed by atoms with Crippen LogP contribution in [0.2, 0.25) is 5.28 Å². The van der Waals surface area contributed by atoms with Crippen LogP contribution in [-0.4, -0.2) is 67.1 Å². The molecule has 0 aromatic carbocycles. The molecule has 2 rings (SSSR count). The first-order valence-electron chi connectivity index (χ1n) is 9.87. The first-order chi connectivity index (χ1) is 15.1. The third-order valence-corrected chi connectivity index (χ3v) is 5.29. The Bertz CT molecular complexity index is 1140. The lowest BCUT2D eigenvalue weighted by Crippen LogP contribution is -2.47. The smallest absolute Gasteiger partial charge is 0.426 e. The lowest BCUT2D eigenvalue weighted by Gasteiger charge is -2.29. The Kier molecular flexibility index (Phi) is 8.04. The molecular formula is C19H26ClN5O7S. The predicted octanol–water partition coefficient (Wildman–Crippen LogP) is 2.91. The maximum Gasteiger partial charge on any atom is 0.426 e. The highest BCUT2D eigenvalue weighted by molar-refractivity contribution is 7.84. The molecule has 0 saturated carbocycles. The number of hydrogen-bond acceptors (Lipinski definition) is 9. The van der Waals surface area contributed by atoms with Crippen LogP contribution in [0.1, 0.15) is 50.8 Å². The van der Waals surface area contributed by atoms with Gasteiger partial charge in [-0.25, -0.2) is 24.5 Å². The van der Waals surface area contributed by atoms with E-state index in [-0.39, 0.29) is 34.3 Å². The van der Waals surface area contributed by atoms with E-state index in [1.807, 2.05) is 0 Å². The van der Waals surface area contributed by atoms with E-state index in [2.05, 4.69) is 15.0 Å². The maximum absolute atomic E-state index is 12.5. The van der Waals surface area contributed by atoms with Crippen molar-refractivity contribution in [2.75, 3.05) is 6.61 Å². The minimum absolute atomic E-state index is 0.0290. The fraction of sp³-hybridized carbons (Fsp3) is 0.526. The highest BCUT2D eigenvalue weighted by atomic mass is 35.5. The van der Waals surface area contributed by atoms with Gasteiger partial charge in [0.1, 0.15) is 11.3 Å². The normalized spacial score (nSPS) is 12.8. The molecule has 0 spiro atoms. The fourth-order valence-corrected chi connectivity index (χ4v) is 3.76. The van der Waals surface area contributed by atoms with Gasteiger partial charge in [0.2, 0.25) is 11.1 Å². The van der Waals surface area contributed by atoms with Gasteiger partial charge in [0, 0.05) is 18.9 Å². The molecule has 14 heteroatoms. The van der Waals surface area contributed by atoms with Crippen LogP contribution in [0, 0.1) is 6.92 Å². The van der Waals surface area contributed by atoms with E-state index in [1.165, 1.54) is 23.9 Å². The summed E-state index contributed by atoms with van der Waals surface area (Å²) in [6.07, 6.45) is 1.65. The topological polar surface area (TPSA) is 154 Å². The van der Waals surface area contributed by atoms with Gasteiger partial charge in [-0.05, 0) is 58.7 Å². The summed E-state index contributed by atoms with van der Waals surface area (Å²) in [4.78, 5) is 37.3. The van der Waals surface area contributed by atoms with Crippen molar-refractivity contribution in [2.24, 2.45) is 0 Å². The van der Waals surface area contributed by atoms with E-state index in [9.17, 15) is 22.6 Å². The zero-order valence-electron chi connectivity index (χ0n) is 19.1. The number of nitrogens with zero attached hydrogens (tertiary/aromatic N) is 5. The molecule has 0 fully saturated rings. The van der Waals surface area contributed by atoms with E-state index in [0.717, 1.165) is 0 Å². The average Bonchev–Trinajstić information content (AvgIpc) is 3.04. The first kappa shape index (κ1) is 26.5. The minimum Gasteiger partial charge on any atom is -0.460 e. The highest BCUT2D eigenvalue weighted by Crippen LogP contribution is 2.23. The Balaban J connectivity index is 2.50. The van der Waals surface area contributed by atoms with E-state index >= 15 is 0 Å². The standard InChI is InChI=1S/C19H26ClN5O7S/c1-7-31-16(26)15-22-13(14-11(2)8-21-17(20)23-14)10-24(15)9-12(3)25(33(28,29)30)18(27)32-19(4,5)6/h8,10,12H,7,9H2,1-6H3,(H,28,29,30)/t12-/m0/s1. The Hall–Kier alpha value is -2.77. The van der Waals surface area contributed by atoms with Crippen LogP contribution in [0.15, 0.2) is 12.4 Å². The molecular weight excluding hydrogens is 478 g/mol. The third kappa shape index (κ3) is 6.85. The summed E-state index contributed by atoms with van der Waals surface area (Å²) in [5, 5.41) is -0.0290. The van der Waals surface area contributed by atoms with Crippen molar-refractivity contribution in [3.8, 4) is 11.4 Å². The van der Waals surface area contributed by atoms with Gasteiger partial charge in [-0.15, -0.1) is 0 Å². The van der Waals surface area contributed by atoms with Crippen LogP contribution >= 0.6 is 11.6 Å². The zero-order valence-corrected chi connectivity index (χ0v) is 20.6. The second-order valence-corrected chi connectivity index (χ2v) is 9.72. The largest absolute Gasteiger partial charge is 0.460 e. The van der Waals surface area contributed by atoms with Gasteiger partial charge in [-0.1, -0.05) is 0 Å². The monoisotopic (exact) mass is 503 g/mol. The number of ether oxygens (including phenoxy) is 2. The Morgan fingerprint density at radius 2 is 1.94 bits per heavy atom. The average molecular weight is 504 g/mol. The van der Waals surface area contributed by atoms with Gasteiger partial charge in [0.25, 0.3) is 0 Å². The molecule has 1 atom stereocenters. The summed E-state index contributed by atoms with van der Waals surface area (Å²) in [6.45, 7) is 9.17. The van der Waals surface area contributed by atoms with Gasteiger partial charge in [0.05, 0.1) is 18.3 Å². The lowest BCUT2D eigenvalue weighted by molar-refractivity contribution is 0.0323. The second kappa shape index (κ2) is 10.0. The fourth-order valence-electron chi connectivity index (χ4n) is 2.87. The molecule has 1 N–H and O–H groups in total. The molecule has 0 unspecified atom stereocenters. The summed E-state index contributed by atoms with van der Waals surface area (Å²) in [7, 11) is -4.99. The van der Waals surface area contributed by atoms with Crippen molar-refractivity contribution in [1.82, 2.24) is 23.8 Å². The van der Waals surface area contributed by atoms with Crippen LogP contribution in [0.25, 0.3) is 11.4 Å². The number of carbonyl (C=O) groups is 2. The minimum atomic E-state index is -4.99. The van der Waals surface area contributed by atoms with Crippen molar-refractivity contribution in [1.29, 1.82) is 0 Å². The lowest BCUT2D eigenvalue weighted by atomic mass is 10.2. The Morgan fingerprint density at radius 1 is 1.30 bits per heavy atom. The number of carbonyl (C=O) groups excluding carboxylic acids is 2. The van der Waals surface area contributed by atoms with Crippen LogP contribution in [0.4, 0.5) is 4.79 Å². The molecule has 33 heavy (non-hydrogen) atoms. The number of aromatic nitrogens is 4. The van der Waals surface area contributed by atoms with Crippen LogP contribution in [-0.2, 0) is 26.3 Å². The van der Waals surface area contributed by atoms with Gasteiger partial charge >= 0.3 is 22.4 Å². The van der Waals surface area contributed by atoms with Crippen molar-refractivity contribution in [3.05, 3.63) is 29.1 Å². The van der Waals surface area contributed by atoms with Gasteiger partial charge in [-0.3, -0.25) is 4.55 Å². The number of hydrogen-bond donors (Lipinski definition) is 1. The molecule has 0 aliphatic carbocycles. The first-order valence-corrected chi connectivity index (χ1v) is 11.6. The van der Waals surface area contributed by atoms with Gasteiger partial charge < -0.3 is 14.0 Å². The van der Waals surface area contributed by atoms with Crippen molar-refractivity contribution in [3.63, 3.8) is 0 Å². The summed E-state index contributed by atoms with van der Waals surface area (Å²) in [6, 6.07) is -1.17. The third-order valence-electron chi connectivity index (χ3n) is 4.10. The molecule has 0 aliphatic heterocycles. The zero-order chi connectivity index (χ0) is 25.1. The second-order valence-electron chi connectivity index (χ2n) is 8.10. The highest BCUT2D eigenvalue weighted by Gasteiger charge is 2.35. The Morgan fingerprint density at radius 3 is 2.48 bits per heavy atom. The number of aryl methyl sites for hydroxylation is 1. The molecule has 2 heterocycles. The summed E-state index contributed by atoms with van der Waals surface area (Å²) < 4.78 is 45.2. The summed E-state index contributed by atoms with van der Waals surface area (Å²) >= 11 is 5.89. The van der Waals surface area contributed by atoms with Gasteiger partial charge in [0.15, 0.2) is 0 Å². The van der Waals surface area contributed by atoms with Crippen molar-refractivity contribution < 1.29 is 32.0 Å².